The SMILES string of the molecule is CC(C)(C)OC(=O)NCCNC(=O)C(=O)[C@H]1CCC(=O)N1Cc1ccccc1. The Morgan fingerprint density at radius 2 is 1.75 bits per heavy atom. The van der Waals surface area contributed by atoms with Crippen molar-refractivity contribution in [2.75, 3.05) is 13.1 Å². The second-order valence-corrected chi connectivity index (χ2v) is 7.61. The van der Waals surface area contributed by atoms with E-state index in [1.165, 1.54) is 4.90 Å². The minimum absolute atomic E-state index is 0.0865. The molecule has 8 heteroatoms. The second-order valence-electron chi connectivity index (χ2n) is 7.61. The Hall–Kier alpha value is -2.90. The highest BCUT2D eigenvalue weighted by atomic mass is 16.6. The fraction of sp³-hybridized carbons (Fsp3) is 0.500. The summed E-state index contributed by atoms with van der Waals surface area (Å²) in [7, 11) is 0. The first-order valence-electron chi connectivity index (χ1n) is 9.29. The van der Waals surface area contributed by atoms with Gasteiger partial charge in [0.15, 0.2) is 0 Å². The van der Waals surface area contributed by atoms with Gasteiger partial charge in [-0.2, -0.15) is 0 Å². The van der Waals surface area contributed by atoms with Crippen molar-refractivity contribution < 1.29 is 23.9 Å². The lowest BCUT2D eigenvalue weighted by Gasteiger charge is -2.23. The minimum Gasteiger partial charge on any atom is -0.444 e. The number of hydrogen-bond donors (Lipinski definition) is 2. The average Bonchev–Trinajstić information content (AvgIpc) is 2.98. The Bertz CT molecular complexity index is 727. The van der Waals surface area contributed by atoms with Gasteiger partial charge in [0.2, 0.25) is 11.7 Å². The Morgan fingerprint density at radius 3 is 2.39 bits per heavy atom. The van der Waals surface area contributed by atoms with Gasteiger partial charge in [-0.1, -0.05) is 30.3 Å². The van der Waals surface area contributed by atoms with Crippen molar-refractivity contribution in [1.29, 1.82) is 0 Å². The van der Waals surface area contributed by atoms with Crippen molar-refractivity contribution in [2.24, 2.45) is 0 Å². The van der Waals surface area contributed by atoms with Crippen molar-refractivity contribution >= 4 is 23.7 Å². The summed E-state index contributed by atoms with van der Waals surface area (Å²) in [5.41, 5.74) is 0.290. The van der Waals surface area contributed by atoms with E-state index < -0.39 is 29.4 Å². The van der Waals surface area contributed by atoms with Gasteiger partial charge in [-0.05, 0) is 32.8 Å². The molecule has 0 aliphatic carbocycles. The van der Waals surface area contributed by atoms with Crippen LogP contribution in [0.25, 0.3) is 0 Å². The van der Waals surface area contributed by atoms with Crippen molar-refractivity contribution in [3.63, 3.8) is 0 Å². The van der Waals surface area contributed by atoms with E-state index in [4.69, 9.17) is 4.74 Å². The zero-order chi connectivity index (χ0) is 20.7. The highest BCUT2D eigenvalue weighted by molar-refractivity contribution is 6.38. The molecule has 1 aliphatic rings. The molecule has 0 spiro atoms. The molecule has 0 radical (unpaired) electrons. The van der Waals surface area contributed by atoms with Crippen LogP contribution in [0.3, 0.4) is 0 Å². The summed E-state index contributed by atoms with van der Waals surface area (Å²) < 4.78 is 5.08. The van der Waals surface area contributed by atoms with E-state index in [0.717, 1.165) is 5.56 Å². The second kappa shape index (κ2) is 9.34. The van der Waals surface area contributed by atoms with Crippen molar-refractivity contribution in [1.82, 2.24) is 15.5 Å². The van der Waals surface area contributed by atoms with E-state index >= 15 is 0 Å². The van der Waals surface area contributed by atoms with Gasteiger partial charge in [0.25, 0.3) is 5.91 Å². The summed E-state index contributed by atoms with van der Waals surface area (Å²) in [6, 6.07) is 8.57. The molecule has 0 bridgehead atoms. The van der Waals surface area contributed by atoms with E-state index in [-0.39, 0.29) is 25.4 Å². The Morgan fingerprint density at radius 1 is 1.11 bits per heavy atom. The molecule has 0 saturated carbocycles. The number of Topliss-reactive ketones (excluding diaryl/α,β-unsaturated/α-hetero) is 1. The summed E-state index contributed by atoms with van der Waals surface area (Å²) in [5, 5.41) is 4.98. The van der Waals surface area contributed by atoms with E-state index in [1.54, 1.807) is 20.8 Å². The maximum absolute atomic E-state index is 12.5. The molecule has 8 nitrogen and oxygen atoms in total. The van der Waals surface area contributed by atoms with Crippen molar-refractivity contribution in [3.8, 4) is 0 Å². The number of amides is 3. The van der Waals surface area contributed by atoms with Crippen LogP contribution in [-0.2, 0) is 25.7 Å². The van der Waals surface area contributed by atoms with Crippen LogP contribution in [0.15, 0.2) is 30.3 Å². The van der Waals surface area contributed by atoms with Crippen LogP contribution in [-0.4, -0.2) is 53.3 Å². The highest BCUT2D eigenvalue weighted by Crippen LogP contribution is 2.22. The van der Waals surface area contributed by atoms with Gasteiger partial charge in [0, 0.05) is 26.1 Å². The lowest BCUT2D eigenvalue weighted by Crippen LogP contribution is -2.47. The van der Waals surface area contributed by atoms with E-state index in [1.807, 2.05) is 30.3 Å². The molecule has 0 unspecified atom stereocenters. The summed E-state index contributed by atoms with van der Waals surface area (Å²) in [6.45, 7) is 5.75. The molecule has 1 saturated heterocycles. The van der Waals surface area contributed by atoms with Gasteiger partial charge in [-0.25, -0.2) is 4.79 Å². The number of benzene rings is 1. The number of ether oxygens (including phenoxy) is 1. The maximum Gasteiger partial charge on any atom is 0.407 e. The molecular weight excluding hydrogens is 362 g/mol. The summed E-state index contributed by atoms with van der Waals surface area (Å²) >= 11 is 0. The maximum atomic E-state index is 12.5. The molecule has 1 atom stereocenters. The lowest BCUT2D eigenvalue weighted by molar-refractivity contribution is -0.143. The first-order chi connectivity index (χ1) is 13.2. The predicted octanol–water partition coefficient (Wildman–Crippen LogP) is 1.39. The molecule has 1 aliphatic heterocycles. The van der Waals surface area contributed by atoms with Crippen LogP contribution in [0.4, 0.5) is 4.79 Å². The molecule has 2 rings (SSSR count). The fourth-order valence-electron chi connectivity index (χ4n) is 2.88. The van der Waals surface area contributed by atoms with Crippen LogP contribution in [0.5, 0.6) is 0 Å². The smallest absolute Gasteiger partial charge is 0.407 e. The van der Waals surface area contributed by atoms with Gasteiger partial charge in [-0.3, -0.25) is 14.4 Å². The Balaban J connectivity index is 1.82. The monoisotopic (exact) mass is 389 g/mol. The summed E-state index contributed by atoms with van der Waals surface area (Å²) in [6.07, 6.45) is -0.0198. The molecule has 2 N–H and O–H groups in total. The van der Waals surface area contributed by atoms with E-state index in [2.05, 4.69) is 10.6 Å². The zero-order valence-corrected chi connectivity index (χ0v) is 16.5. The standard InChI is InChI=1S/C20H27N3O5/c1-20(2,3)28-19(27)22-12-11-21-18(26)17(25)15-9-10-16(24)23(15)13-14-7-5-4-6-8-14/h4-8,15H,9-13H2,1-3H3,(H,21,26)(H,22,27)/t15-/m1/s1. The summed E-state index contributed by atoms with van der Waals surface area (Å²) in [4.78, 5) is 49.8. The average molecular weight is 389 g/mol. The van der Waals surface area contributed by atoms with Crippen LogP contribution < -0.4 is 10.6 Å². The number of alkyl carbamates (subject to hydrolysis) is 1. The number of nitrogens with zero attached hydrogens (tertiary/aromatic N) is 1. The Labute approximate surface area is 164 Å². The third-order valence-corrected chi connectivity index (χ3v) is 4.13. The molecule has 1 aromatic rings. The van der Waals surface area contributed by atoms with E-state index in [9.17, 15) is 19.2 Å². The predicted molar refractivity (Wildman–Crippen MR) is 102 cm³/mol. The number of hydrogen-bond acceptors (Lipinski definition) is 5. The number of likely N-dealkylation sites (tertiary alicyclic amines) is 1. The van der Waals surface area contributed by atoms with Gasteiger partial charge in [0.1, 0.15) is 11.6 Å². The first-order valence-corrected chi connectivity index (χ1v) is 9.29. The van der Waals surface area contributed by atoms with Crippen LogP contribution >= 0.6 is 0 Å². The topological polar surface area (TPSA) is 105 Å². The van der Waals surface area contributed by atoms with Gasteiger partial charge < -0.3 is 20.3 Å². The molecule has 28 heavy (non-hydrogen) atoms. The quantitative estimate of drug-likeness (QED) is 0.542. The minimum atomic E-state index is -0.760. The van der Waals surface area contributed by atoms with Crippen molar-refractivity contribution in [3.05, 3.63) is 35.9 Å². The summed E-state index contributed by atoms with van der Waals surface area (Å²) in [5.74, 6) is -1.54. The largest absolute Gasteiger partial charge is 0.444 e. The number of carbonyl (C=O) groups excluding carboxylic acids is 4. The van der Waals surface area contributed by atoms with Crippen LogP contribution in [0.2, 0.25) is 0 Å². The van der Waals surface area contributed by atoms with Gasteiger partial charge in [0.05, 0.1) is 0 Å². The van der Waals surface area contributed by atoms with E-state index in [0.29, 0.717) is 13.0 Å². The third-order valence-electron chi connectivity index (χ3n) is 4.13. The lowest BCUT2D eigenvalue weighted by atomic mass is 10.1. The molecule has 1 heterocycles. The van der Waals surface area contributed by atoms with Gasteiger partial charge >= 0.3 is 6.09 Å². The number of carbonyl (C=O) groups is 4. The van der Waals surface area contributed by atoms with Gasteiger partial charge in [-0.15, -0.1) is 0 Å². The van der Waals surface area contributed by atoms with Crippen molar-refractivity contribution in [2.45, 2.75) is 51.8 Å². The zero-order valence-electron chi connectivity index (χ0n) is 16.5. The molecular formula is C20H27N3O5. The molecule has 0 aromatic heterocycles. The fourth-order valence-corrected chi connectivity index (χ4v) is 2.88. The third kappa shape index (κ3) is 6.37. The number of nitrogens with one attached hydrogen (secondary N) is 2. The first kappa shape index (κ1) is 21.4. The number of rotatable bonds is 7. The molecule has 152 valence electrons. The molecule has 1 aromatic carbocycles. The highest BCUT2D eigenvalue weighted by Gasteiger charge is 2.38. The van der Waals surface area contributed by atoms with Crippen LogP contribution in [0, 0.1) is 0 Å². The normalized spacial score (nSPS) is 16.6. The molecule has 1 fully saturated rings. The van der Waals surface area contributed by atoms with Crippen LogP contribution in [0.1, 0.15) is 39.2 Å². The Kier molecular flexibility index (Phi) is 7.14. The molecule has 3 amide bonds. The number of ketones is 1.